The van der Waals surface area contributed by atoms with Gasteiger partial charge in [0, 0.05) is 31.3 Å². The highest BCUT2D eigenvalue weighted by molar-refractivity contribution is 7.18. The van der Waals surface area contributed by atoms with Crippen molar-refractivity contribution >= 4 is 39.1 Å². The van der Waals surface area contributed by atoms with Crippen LogP contribution in [-0.2, 0) is 15.1 Å². The van der Waals surface area contributed by atoms with Gasteiger partial charge in [0.1, 0.15) is 4.83 Å². The van der Waals surface area contributed by atoms with E-state index in [9.17, 15) is 9.90 Å². The number of halogens is 1. The summed E-state index contributed by atoms with van der Waals surface area (Å²) >= 11 is 7.17. The molecule has 0 bridgehead atoms. The third-order valence-electron chi connectivity index (χ3n) is 3.16. The summed E-state index contributed by atoms with van der Waals surface area (Å²) in [7, 11) is 0. The van der Waals surface area contributed by atoms with E-state index in [1.165, 1.54) is 18.3 Å². The van der Waals surface area contributed by atoms with Crippen LogP contribution in [0.15, 0.2) is 12.3 Å². The lowest BCUT2D eigenvalue weighted by molar-refractivity contribution is -0.183. The molecule has 7 heteroatoms. The Hall–Kier alpha value is -1.24. The molecule has 2 heterocycles. The zero-order valence-corrected chi connectivity index (χ0v) is 11.7. The Morgan fingerprint density at radius 2 is 2.37 bits per heavy atom. The third-order valence-corrected chi connectivity index (χ3v) is 4.58. The van der Waals surface area contributed by atoms with Crippen LogP contribution in [0.4, 0.5) is 0 Å². The summed E-state index contributed by atoms with van der Waals surface area (Å²) in [4.78, 5) is 20.9. The smallest absolute Gasteiger partial charge is 0.303 e. The number of hydrogen-bond acceptors (Lipinski definition) is 6. The lowest BCUT2D eigenvalue weighted by Gasteiger charge is -2.43. The number of esters is 1. The molecule has 0 aromatic carbocycles. The number of rotatable bonds is 2. The van der Waals surface area contributed by atoms with Crippen LogP contribution >= 0.6 is 22.9 Å². The van der Waals surface area contributed by atoms with Gasteiger partial charge in [0.25, 0.3) is 0 Å². The topological polar surface area (TPSA) is 72.3 Å². The maximum atomic E-state index is 11.3. The summed E-state index contributed by atoms with van der Waals surface area (Å²) in [5.41, 5.74) is -0.719. The fraction of sp³-hybridized carbons (Fsp3) is 0.417. The molecule has 0 aliphatic heterocycles. The van der Waals surface area contributed by atoms with Gasteiger partial charge in [0.2, 0.25) is 5.28 Å². The van der Waals surface area contributed by atoms with Crippen LogP contribution in [0.2, 0.25) is 5.28 Å². The molecule has 0 amide bonds. The zero-order chi connectivity index (χ0) is 13.6. The van der Waals surface area contributed by atoms with Crippen molar-refractivity contribution in [3.05, 3.63) is 22.4 Å². The van der Waals surface area contributed by atoms with Gasteiger partial charge in [-0.2, -0.15) is 0 Å². The molecule has 0 radical (unpaired) electrons. The predicted molar refractivity (Wildman–Crippen MR) is 71.1 cm³/mol. The second-order valence-electron chi connectivity index (χ2n) is 4.66. The molecule has 0 atom stereocenters. The van der Waals surface area contributed by atoms with Crippen LogP contribution in [-0.4, -0.2) is 27.1 Å². The normalized spacial score (nSPS) is 26.2. The number of ether oxygens (including phenoxy) is 1. The molecular formula is C12H11ClN2O3S. The second kappa shape index (κ2) is 4.40. The van der Waals surface area contributed by atoms with Crippen molar-refractivity contribution in [1.82, 2.24) is 9.97 Å². The Morgan fingerprint density at radius 1 is 1.63 bits per heavy atom. The number of aliphatic hydroxyl groups excluding tert-OH is 1. The standard InChI is InChI=1S/C12H11ClN2O3S/c1-6(16)18-12(3-8(17)4-12)9-2-7-5-14-11(13)15-10(7)19-9/h2,5,8,17H,3-4H2,1H3. The summed E-state index contributed by atoms with van der Waals surface area (Å²) in [5.74, 6) is -0.353. The van der Waals surface area contributed by atoms with Gasteiger partial charge in [0.05, 0.1) is 11.0 Å². The van der Waals surface area contributed by atoms with Crippen molar-refractivity contribution in [1.29, 1.82) is 0 Å². The van der Waals surface area contributed by atoms with Crippen LogP contribution in [0.3, 0.4) is 0 Å². The minimum atomic E-state index is -0.719. The summed E-state index contributed by atoms with van der Waals surface area (Å²) in [6.07, 6.45) is 2.04. The first-order chi connectivity index (χ1) is 8.98. The van der Waals surface area contributed by atoms with Gasteiger partial charge in [0.15, 0.2) is 5.60 Å². The van der Waals surface area contributed by atoms with E-state index >= 15 is 0 Å². The van der Waals surface area contributed by atoms with E-state index in [-0.39, 0.29) is 11.3 Å². The number of fused-ring (bicyclic) bond motifs is 1. The molecule has 2 aromatic rings. The van der Waals surface area contributed by atoms with E-state index in [1.54, 1.807) is 6.20 Å². The van der Waals surface area contributed by atoms with E-state index in [0.29, 0.717) is 12.8 Å². The van der Waals surface area contributed by atoms with Gasteiger partial charge >= 0.3 is 5.97 Å². The fourth-order valence-corrected chi connectivity index (χ4v) is 3.68. The fourth-order valence-electron chi connectivity index (χ4n) is 2.35. The zero-order valence-electron chi connectivity index (χ0n) is 10.1. The molecule has 5 nitrogen and oxygen atoms in total. The molecule has 0 spiro atoms. The van der Waals surface area contributed by atoms with Gasteiger partial charge in [-0.05, 0) is 17.7 Å². The van der Waals surface area contributed by atoms with Crippen molar-refractivity contribution in [3.63, 3.8) is 0 Å². The van der Waals surface area contributed by atoms with E-state index < -0.39 is 11.7 Å². The van der Waals surface area contributed by atoms with Crippen LogP contribution in [0, 0.1) is 0 Å². The van der Waals surface area contributed by atoms with Gasteiger partial charge in [-0.3, -0.25) is 4.79 Å². The van der Waals surface area contributed by atoms with E-state index in [0.717, 1.165) is 15.1 Å². The van der Waals surface area contributed by atoms with Crippen molar-refractivity contribution < 1.29 is 14.6 Å². The van der Waals surface area contributed by atoms with E-state index in [1.807, 2.05) is 6.07 Å². The first-order valence-electron chi connectivity index (χ1n) is 5.79. The van der Waals surface area contributed by atoms with Gasteiger partial charge < -0.3 is 9.84 Å². The summed E-state index contributed by atoms with van der Waals surface area (Å²) in [6.45, 7) is 1.37. The van der Waals surface area contributed by atoms with E-state index in [4.69, 9.17) is 16.3 Å². The largest absolute Gasteiger partial charge is 0.453 e. The molecule has 3 rings (SSSR count). The Bertz CT molecular complexity index is 651. The van der Waals surface area contributed by atoms with Crippen molar-refractivity contribution in [2.45, 2.75) is 31.5 Å². The summed E-state index contributed by atoms with van der Waals surface area (Å²) in [5, 5.41) is 10.6. The molecule has 0 saturated heterocycles. The highest BCUT2D eigenvalue weighted by Gasteiger charge is 2.49. The molecular weight excluding hydrogens is 288 g/mol. The molecule has 1 saturated carbocycles. The minimum Gasteiger partial charge on any atom is -0.453 e. The van der Waals surface area contributed by atoms with Crippen molar-refractivity contribution in [2.24, 2.45) is 0 Å². The van der Waals surface area contributed by atoms with Crippen LogP contribution in [0.1, 0.15) is 24.6 Å². The third kappa shape index (κ3) is 2.20. The van der Waals surface area contributed by atoms with Crippen LogP contribution in [0.25, 0.3) is 10.2 Å². The summed E-state index contributed by atoms with van der Waals surface area (Å²) < 4.78 is 5.42. The average Bonchev–Trinajstić information content (AvgIpc) is 2.68. The highest BCUT2D eigenvalue weighted by atomic mass is 35.5. The van der Waals surface area contributed by atoms with Crippen LogP contribution < -0.4 is 0 Å². The second-order valence-corrected chi connectivity index (χ2v) is 6.03. The Labute approximate surface area is 118 Å². The number of aromatic nitrogens is 2. The Morgan fingerprint density at radius 3 is 3.00 bits per heavy atom. The van der Waals surface area contributed by atoms with Gasteiger partial charge in [-0.25, -0.2) is 9.97 Å². The molecule has 0 unspecified atom stereocenters. The number of nitrogens with zero attached hydrogens (tertiary/aromatic N) is 2. The highest BCUT2D eigenvalue weighted by Crippen LogP contribution is 2.48. The minimum absolute atomic E-state index is 0.191. The molecule has 2 aromatic heterocycles. The lowest BCUT2D eigenvalue weighted by atomic mass is 9.76. The number of thiophene rings is 1. The maximum absolute atomic E-state index is 11.3. The number of hydrogen-bond donors (Lipinski definition) is 1. The summed E-state index contributed by atoms with van der Waals surface area (Å²) in [6, 6.07) is 1.89. The first kappa shape index (κ1) is 12.8. The van der Waals surface area contributed by atoms with Crippen molar-refractivity contribution in [2.75, 3.05) is 0 Å². The predicted octanol–water partition coefficient (Wildman–Crippen LogP) is 2.26. The molecule has 19 heavy (non-hydrogen) atoms. The molecule has 1 fully saturated rings. The monoisotopic (exact) mass is 298 g/mol. The average molecular weight is 299 g/mol. The van der Waals surface area contributed by atoms with Gasteiger partial charge in [-0.15, -0.1) is 11.3 Å². The number of carbonyl (C=O) groups excluding carboxylic acids is 1. The molecule has 1 N–H and O–H groups in total. The Kier molecular flexibility index (Phi) is 2.96. The lowest BCUT2D eigenvalue weighted by Crippen LogP contribution is -2.47. The molecule has 1 aliphatic carbocycles. The number of carbonyl (C=O) groups is 1. The first-order valence-corrected chi connectivity index (χ1v) is 6.98. The molecule has 1 aliphatic rings. The number of aliphatic hydroxyl groups is 1. The maximum Gasteiger partial charge on any atom is 0.303 e. The van der Waals surface area contributed by atoms with E-state index in [2.05, 4.69) is 9.97 Å². The van der Waals surface area contributed by atoms with Crippen LogP contribution in [0.5, 0.6) is 0 Å². The SMILES string of the molecule is CC(=O)OC1(c2cc3cnc(Cl)nc3s2)CC(O)C1. The van der Waals surface area contributed by atoms with Gasteiger partial charge in [-0.1, -0.05) is 0 Å². The molecule has 100 valence electrons. The quantitative estimate of drug-likeness (QED) is 0.680. The van der Waals surface area contributed by atoms with Crippen molar-refractivity contribution in [3.8, 4) is 0 Å². The Balaban J connectivity index is 2.03.